The van der Waals surface area contributed by atoms with E-state index < -0.39 is 5.97 Å². The van der Waals surface area contributed by atoms with Gasteiger partial charge in [0.25, 0.3) is 0 Å². The van der Waals surface area contributed by atoms with E-state index in [0.717, 1.165) is 12.3 Å². The average Bonchev–Trinajstić information content (AvgIpc) is 2.06. The SMILES string of the molecule is O=C(O)c1cc[n+](CCS)cc1. The number of aryl methyl sites for hydroxylation is 1. The maximum Gasteiger partial charge on any atom is 0.336 e. The summed E-state index contributed by atoms with van der Waals surface area (Å²) in [6.45, 7) is 0.795. The second-order valence-electron chi connectivity index (χ2n) is 2.35. The van der Waals surface area contributed by atoms with E-state index in [1.54, 1.807) is 24.5 Å². The highest BCUT2D eigenvalue weighted by molar-refractivity contribution is 7.80. The van der Waals surface area contributed by atoms with Crippen molar-refractivity contribution in [2.75, 3.05) is 5.75 Å². The van der Waals surface area contributed by atoms with Crippen LogP contribution in [0.3, 0.4) is 0 Å². The van der Waals surface area contributed by atoms with E-state index in [-0.39, 0.29) is 0 Å². The predicted octanol–water partition coefficient (Wildman–Crippen LogP) is 0.602. The topological polar surface area (TPSA) is 41.2 Å². The Morgan fingerprint density at radius 3 is 2.50 bits per heavy atom. The Bertz CT molecular complexity index is 271. The fourth-order valence-corrected chi connectivity index (χ4v) is 1.10. The molecule has 0 amide bonds. The van der Waals surface area contributed by atoms with Crippen LogP contribution in [-0.2, 0) is 6.54 Å². The first kappa shape index (κ1) is 9.06. The lowest BCUT2D eigenvalue weighted by atomic mass is 10.3. The van der Waals surface area contributed by atoms with E-state index in [1.807, 2.05) is 4.57 Å². The zero-order valence-electron chi connectivity index (χ0n) is 6.47. The predicted molar refractivity (Wildman–Crippen MR) is 47.4 cm³/mol. The molecule has 1 aromatic rings. The highest BCUT2D eigenvalue weighted by Crippen LogP contribution is 1.93. The Hall–Kier alpha value is -1.03. The lowest BCUT2D eigenvalue weighted by Gasteiger charge is -1.93. The third-order valence-electron chi connectivity index (χ3n) is 1.50. The van der Waals surface area contributed by atoms with Crippen molar-refractivity contribution < 1.29 is 14.5 Å². The van der Waals surface area contributed by atoms with E-state index in [9.17, 15) is 4.79 Å². The fraction of sp³-hybridized carbons (Fsp3) is 0.250. The Kier molecular flexibility index (Phi) is 3.10. The Morgan fingerprint density at radius 2 is 2.08 bits per heavy atom. The summed E-state index contributed by atoms with van der Waals surface area (Å²) in [6.07, 6.45) is 3.47. The van der Waals surface area contributed by atoms with Crippen molar-refractivity contribution in [3.05, 3.63) is 30.1 Å². The van der Waals surface area contributed by atoms with E-state index in [4.69, 9.17) is 5.11 Å². The van der Waals surface area contributed by atoms with Gasteiger partial charge in [-0.2, -0.15) is 12.6 Å². The maximum absolute atomic E-state index is 10.4. The van der Waals surface area contributed by atoms with Crippen LogP contribution in [0, 0.1) is 0 Å². The highest BCUT2D eigenvalue weighted by atomic mass is 32.1. The Labute approximate surface area is 76.1 Å². The fourth-order valence-electron chi connectivity index (χ4n) is 0.864. The van der Waals surface area contributed by atoms with Crippen LogP contribution < -0.4 is 4.57 Å². The second kappa shape index (κ2) is 4.11. The molecule has 0 bridgehead atoms. The Morgan fingerprint density at radius 1 is 1.50 bits per heavy atom. The van der Waals surface area contributed by atoms with Gasteiger partial charge in [0.05, 0.1) is 5.56 Å². The van der Waals surface area contributed by atoms with Crippen molar-refractivity contribution in [3.63, 3.8) is 0 Å². The summed E-state index contributed by atoms with van der Waals surface area (Å²) in [7, 11) is 0. The van der Waals surface area contributed by atoms with Gasteiger partial charge in [-0.05, 0) is 0 Å². The maximum atomic E-state index is 10.4. The molecule has 12 heavy (non-hydrogen) atoms. The molecule has 0 aliphatic carbocycles. The lowest BCUT2D eigenvalue weighted by molar-refractivity contribution is -0.692. The molecule has 0 unspecified atom stereocenters. The molecule has 0 radical (unpaired) electrons. The van der Waals surface area contributed by atoms with E-state index in [1.165, 1.54) is 0 Å². The van der Waals surface area contributed by atoms with E-state index in [2.05, 4.69) is 12.6 Å². The molecular weight excluding hydrogens is 174 g/mol. The first-order valence-electron chi connectivity index (χ1n) is 3.57. The summed E-state index contributed by atoms with van der Waals surface area (Å²) in [5.74, 6) is -0.148. The summed E-state index contributed by atoms with van der Waals surface area (Å²) in [6, 6.07) is 3.15. The number of carboxylic acids is 1. The number of carboxylic acid groups (broad SMARTS) is 1. The standard InChI is InChI=1S/C8H9NO2S/c10-8(11)7-1-3-9(4-2-7)5-6-12/h1-4H,5-6H2,(H-,10,11,12)/p+1. The number of thiol groups is 1. The molecule has 0 atom stereocenters. The smallest absolute Gasteiger partial charge is 0.336 e. The molecule has 0 aromatic carbocycles. The second-order valence-corrected chi connectivity index (χ2v) is 2.80. The van der Waals surface area contributed by atoms with Gasteiger partial charge < -0.3 is 5.11 Å². The van der Waals surface area contributed by atoms with Crippen LogP contribution in [0.4, 0.5) is 0 Å². The minimum absolute atomic E-state index is 0.311. The van der Waals surface area contributed by atoms with Gasteiger partial charge in [-0.1, -0.05) is 0 Å². The van der Waals surface area contributed by atoms with Gasteiger partial charge in [0, 0.05) is 17.9 Å². The van der Waals surface area contributed by atoms with Gasteiger partial charge in [-0.25, -0.2) is 9.36 Å². The molecule has 0 saturated carbocycles. The molecule has 0 aliphatic heterocycles. The van der Waals surface area contributed by atoms with Crippen molar-refractivity contribution in [3.8, 4) is 0 Å². The molecule has 0 spiro atoms. The molecular formula is C8H10NO2S+. The summed E-state index contributed by atoms with van der Waals surface area (Å²) in [5, 5.41) is 8.58. The number of hydrogen-bond acceptors (Lipinski definition) is 2. The number of pyridine rings is 1. The van der Waals surface area contributed by atoms with Crippen LogP contribution in [0.5, 0.6) is 0 Å². The largest absolute Gasteiger partial charge is 0.478 e. The average molecular weight is 184 g/mol. The number of carbonyl (C=O) groups is 1. The Balaban J connectivity index is 2.78. The molecule has 0 aliphatic rings. The summed E-state index contributed by atoms with van der Waals surface area (Å²) < 4.78 is 1.89. The zero-order valence-corrected chi connectivity index (χ0v) is 7.37. The van der Waals surface area contributed by atoms with Crippen LogP contribution in [-0.4, -0.2) is 16.8 Å². The highest BCUT2D eigenvalue weighted by Gasteiger charge is 2.04. The van der Waals surface area contributed by atoms with Crippen molar-refractivity contribution in [1.29, 1.82) is 0 Å². The van der Waals surface area contributed by atoms with Crippen molar-refractivity contribution in [2.24, 2.45) is 0 Å². The molecule has 4 heteroatoms. The molecule has 0 fully saturated rings. The summed E-state index contributed by atoms with van der Waals surface area (Å²) in [5.41, 5.74) is 0.311. The van der Waals surface area contributed by atoms with Crippen LogP contribution in [0.25, 0.3) is 0 Å². The summed E-state index contributed by atoms with van der Waals surface area (Å²) in [4.78, 5) is 10.4. The van der Waals surface area contributed by atoms with Crippen LogP contribution in [0.1, 0.15) is 10.4 Å². The summed E-state index contributed by atoms with van der Waals surface area (Å²) >= 11 is 4.06. The van der Waals surface area contributed by atoms with E-state index in [0.29, 0.717) is 5.56 Å². The normalized spacial score (nSPS) is 9.75. The first-order valence-corrected chi connectivity index (χ1v) is 4.20. The molecule has 3 nitrogen and oxygen atoms in total. The molecule has 1 aromatic heterocycles. The van der Waals surface area contributed by atoms with E-state index >= 15 is 0 Å². The van der Waals surface area contributed by atoms with Gasteiger partial charge >= 0.3 is 5.97 Å². The van der Waals surface area contributed by atoms with Gasteiger partial charge in [0.2, 0.25) is 0 Å². The minimum atomic E-state index is -0.895. The number of hydrogen-bond donors (Lipinski definition) is 2. The minimum Gasteiger partial charge on any atom is -0.478 e. The molecule has 64 valence electrons. The zero-order chi connectivity index (χ0) is 8.97. The monoisotopic (exact) mass is 184 g/mol. The number of nitrogens with zero attached hydrogens (tertiary/aromatic N) is 1. The van der Waals surface area contributed by atoms with Crippen molar-refractivity contribution >= 4 is 18.6 Å². The third-order valence-corrected chi connectivity index (χ3v) is 1.70. The molecule has 1 N–H and O–H groups in total. The molecule has 1 heterocycles. The quantitative estimate of drug-likeness (QED) is 0.533. The number of aromatic carboxylic acids is 1. The number of rotatable bonds is 3. The van der Waals surface area contributed by atoms with Gasteiger partial charge in [-0.15, -0.1) is 0 Å². The van der Waals surface area contributed by atoms with Crippen LogP contribution >= 0.6 is 12.6 Å². The van der Waals surface area contributed by atoms with Gasteiger partial charge in [0.15, 0.2) is 18.9 Å². The van der Waals surface area contributed by atoms with Gasteiger partial charge in [0.1, 0.15) is 0 Å². The first-order chi connectivity index (χ1) is 5.74. The van der Waals surface area contributed by atoms with Crippen molar-refractivity contribution in [1.82, 2.24) is 0 Å². The van der Waals surface area contributed by atoms with Crippen LogP contribution in [0.2, 0.25) is 0 Å². The third kappa shape index (κ3) is 2.23. The van der Waals surface area contributed by atoms with Crippen molar-refractivity contribution in [2.45, 2.75) is 6.54 Å². The lowest BCUT2D eigenvalue weighted by Crippen LogP contribution is -2.33. The van der Waals surface area contributed by atoms with Gasteiger partial charge in [-0.3, -0.25) is 0 Å². The molecule has 0 saturated heterocycles. The van der Waals surface area contributed by atoms with Crippen LogP contribution in [0.15, 0.2) is 24.5 Å². The number of aromatic nitrogens is 1. The molecule has 1 rings (SSSR count).